The van der Waals surface area contributed by atoms with Gasteiger partial charge in [0.1, 0.15) is 5.82 Å². The molecule has 2 rings (SSSR count). The fourth-order valence-corrected chi connectivity index (χ4v) is 1.46. The van der Waals surface area contributed by atoms with Gasteiger partial charge in [0.2, 0.25) is 0 Å². The second kappa shape index (κ2) is 4.63. The fourth-order valence-electron chi connectivity index (χ4n) is 1.46. The maximum absolute atomic E-state index is 13.8. The Hall–Kier alpha value is -1.75. The van der Waals surface area contributed by atoms with Gasteiger partial charge < -0.3 is 10.3 Å². The van der Waals surface area contributed by atoms with Crippen LogP contribution in [0.25, 0.3) is 11.5 Å². The lowest BCUT2D eigenvalue weighted by atomic mass is 10.1. The summed E-state index contributed by atoms with van der Waals surface area (Å²) in [5, 5.41) is 3.80. The third kappa shape index (κ3) is 2.19. The summed E-state index contributed by atoms with van der Waals surface area (Å²) in [6, 6.07) is 5.06. The molecular weight excluding hydrogens is 221 g/mol. The summed E-state index contributed by atoms with van der Waals surface area (Å²) in [6.07, 6.45) is 0. The van der Waals surface area contributed by atoms with Gasteiger partial charge in [-0.2, -0.15) is 4.98 Å². The summed E-state index contributed by atoms with van der Waals surface area (Å²) >= 11 is 0. The van der Waals surface area contributed by atoms with Gasteiger partial charge in [-0.15, -0.1) is 0 Å². The van der Waals surface area contributed by atoms with Crippen molar-refractivity contribution in [1.82, 2.24) is 10.1 Å². The molecule has 1 aromatic carbocycles. The van der Waals surface area contributed by atoms with Gasteiger partial charge in [-0.3, -0.25) is 0 Å². The van der Waals surface area contributed by atoms with Crippen LogP contribution in [0.2, 0.25) is 0 Å². The number of hydrogen-bond acceptors (Lipinski definition) is 4. The van der Waals surface area contributed by atoms with Gasteiger partial charge >= 0.3 is 0 Å². The topological polar surface area (TPSA) is 64.9 Å². The number of halogens is 1. The lowest BCUT2D eigenvalue weighted by Gasteiger charge is -2.00. The zero-order valence-electron chi connectivity index (χ0n) is 9.77. The van der Waals surface area contributed by atoms with E-state index in [9.17, 15) is 4.39 Å². The van der Waals surface area contributed by atoms with Gasteiger partial charge in [0, 0.05) is 12.5 Å². The maximum Gasteiger partial charge on any atom is 0.260 e. The molecule has 0 amide bonds. The van der Waals surface area contributed by atoms with Gasteiger partial charge in [0.25, 0.3) is 5.89 Å². The lowest BCUT2D eigenvalue weighted by Crippen LogP contribution is -2.10. The number of benzene rings is 1. The third-order valence-electron chi connectivity index (χ3n) is 2.66. The largest absolute Gasteiger partial charge is 0.334 e. The predicted octanol–water partition coefficient (Wildman–Crippen LogP) is 2.25. The summed E-state index contributed by atoms with van der Waals surface area (Å²) in [5.41, 5.74) is 6.39. The van der Waals surface area contributed by atoms with Crippen molar-refractivity contribution in [3.05, 3.63) is 35.4 Å². The first-order chi connectivity index (χ1) is 8.13. The molecule has 0 radical (unpaired) electrons. The van der Waals surface area contributed by atoms with Crippen LogP contribution in [0.15, 0.2) is 22.7 Å². The minimum absolute atomic E-state index is 0.000343. The molecule has 0 saturated heterocycles. The Balaban J connectivity index is 2.40. The van der Waals surface area contributed by atoms with Crippen molar-refractivity contribution >= 4 is 0 Å². The average Bonchev–Trinajstić information content (AvgIpc) is 2.81. The summed E-state index contributed by atoms with van der Waals surface area (Å²) in [7, 11) is 0. The van der Waals surface area contributed by atoms with Crippen LogP contribution in [0.4, 0.5) is 4.39 Å². The van der Waals surface area contributed by atoms with Crippen LogP contribution in [0, 0.1) is 12.7 Å². The molecule has 1 atom stereocenters. The van der Waals surface area contributed by atoms with E-state index in [0.717, 1.165) is 0 Å². The minimum Gasteiger partial charge on any atom is -0.334 e. The molecule has 0 bridgehead atoms. The zero-order valence-corrected chi connectivity index (χ0v) is 9.77. The highest BCUT2D eigenvalue weighted by Gasteiger charge is 2.16. The summed E-state index contributed by atoms with van der Waals surface area (Å²) < 4.78 is 18.9. The Morgan fingerprint density at radius 2 is 2.24 bits per heavy atom. The molecule has 0 saturated carbocycles. The molecule has 1 unspecified atom stereocenters. The van der Waals surface area contributed by atoms with E-state index in [1.165, 1.54) is 0 Å². The van der Waals surface area contributed by atoms with Gasteiger partial charge in [0.15, 0.2) is 5.82 Å². The van der Waals surface area contributed by atoms with E-state index >= 15 is 0 Å². The Morgan fingerprint density at radius 3 is 2.94 bits per heavy atom. The van der Waals surface area contributed by atoms with Crippen molar-refractivity contribution in [2.45, 2.75) is 19.8 Å². The van der Waals surface area contributed by atoms with E-state index in [2.05, 4.69) is 10.1 Å². The highest BCUT2D eigenvalue weighted by atomic mass is 19.1. The Kier molecular flexibility index (Phi) is 3.19. The molecule has 0 spiro atoms. The van der Waals surface area contributed by atoms with Gasteiger partial charge in [-0.05, 0) is 18.6 Å². The normalized spacial score (nSPS) is 12.7. The van der Waals surface area contributed by atoms with Crippen LogP contribution in [0.3, 0.4) is 0 Å². The van der Waals surface area contributed by atoms with Gasteiger partial charge in [0.05, 0.1) is 5.56 Å². The third-order valence-corrected chi connectivity index (χ3v) is 2.66. The van der Waals surface area contributed by atoms with Crippen molar-refractivity contribution in [1.29, 1.82) is 0 Å². The summed E-state index contributed by atoms with van der Waals surface area (Å²) in [5.74, 6) is 0.369. The predicted molar refractivity (Wildman–Crippen MR) is 61.9 cm³/mol. The standard InChI is InChI=1S/C12H14FN3O/c1-7-4-3-5-9(10(7)13)12-15-11(16-17-12)8(2)6-14/h3-5,8H,6,14H2,1-2H3. The molecular formula is C12H14FN3O. The van der Waals surface area contributed by atoms with Crippen molar-refractivity contribution < 1.29 is 8.91 Å². The van der Waals surface area contributed by atoms with Crippen LogP contribution in [-0.2, 0) is 0 Å². The molecule has 0 fully saturated rings. The zero-order chi connectivity index (χ0) is 12.4. The van der Waals surface area contributed by atoms with Gasteiger partial charge in [-0.25, -0.2) is 4.39 Å². The first-order valence-electron chi connectivity index (χ1n) is 5.42. The van der Waals surface area contributed by atoms with E-state index in [0.29, 0.717) is 23.5 Å². The molecule has 90 valence electrons. The van der Waals surface area contributed by atoms with Gasteiger partial charge in [-0.1, -0.05) is 24.2 Å². The Bertz CT molecular complexity index is 524. The highest BCUT2D eigenvalue weighted by Crippen LogP contribution is 2.24. The SMILES string of the molecule is Cc1cccc(-c2nc(C(C)CN)no2)c1F. The molecule has 17 heavy (non-hydrogen) atoms. The first-order valence-corrected chi connectivity index (χ1v) is 5.42. The number of aryl methyl sites for hydroxylation is 1. The van der Waals surface area contributed by atoms with Crippen LogP contribution in [0.1, 0.15) is 24.2 Å². The van der Waals surface area contributed by atoms with Crippen molar-refractivity contribution in [2.75, 3.05) is 6.54 Å². The van der Waals surface area contributed by atoms with E-state index < -0.39 is 0 Å². The second-order valence-corrected chi connectivity index (χ2v) is 4.03. The van der Waals surface area contributed by atoms with E-state index in [1.54, 1.807) is 25.1 Å². The number of hydrogen-bond donors (Lipinski definition) is 1. The van der Waals surface area contributed by atoms with Crippen LogP contribution in [-0.4, -0.2) is 16.7 Å². The molecule has 5 heteroatoms. The van der Waals surface area contributed by atoms with E-state index in [4.69, 9.17) is 10.3 Å². The first kappa shape index (κ1) is 11.7. The van der Waals surface area contributed by atoms with E-state index in [1.807, 2.05) is 6.92 Å². The van der Waals surface area contributed by atoms with Crippen LogP contribution >= 0.6 is 0 Å². The second-order valence-electron chi connectivity index (χ2n) is 4.03. The molecule has 0 aliphatic heterocycles. The number of aromatic nitrogens is 2. The maximum atomic E-state index is 13.8. The van der Waals surface area contributed by atoms with E-state index in [-0.39, 0.29) is 17.6 Å². The van der Waals surface area contributed by atoms with Crippen LogP contribution in [0.5, 0.6) is 0 Å². The number of nitrogens with two attached hydrogens (primary N) is 1. The smallest absolute Gasteiger partial charge is 0.260 e. The van der Waals surface area contributed by atoms with Crippen molar-refractivity contribution in [2.24, 2.45) is 5.73 Å². The lowest BCUT2D eigenvalue weighted by molar-refractivity contribution is 0.415. The monoisotopic (exact) mass is 235 g/mol. The molecule has 2 aromatic rings. The Morgan fingerprint density at radius 1 is 1.47 bits per heavy atom. The molecule has 4 nitrogen and oxygen atoms in total. The Labute approximate surface area is 98.6 Å². The average molecular weight is 235 g/mol. The molecule has 0 aliphatic carbocycles. The van der Waals surface area contributed by atoms with Crippen LogP contribution < -0.4 is 5.73 Å². The molecule has 0 aliphatic rings. The number of rotatable bonds is 3. The fraction of sp³-hybridized carbons (Fsp3) is 0.333. The summed E-state index contributed by atoms with van der Waals surface area (Å²) in [4.78, 5) is 4.16. The summed E-state index contributed by atoms with van der Waals surface area (Å²) in [6.45, 7) is 4.01. The van der Waals surface area contributed by atoms with Crippen molar-refractivity contribution in [3.8, 4) is 11.5 Å². The van der Waals surface area contributed by atoms with Crippen molar-refractivity contribution in [3.63, 3.8) is 0 Å². The number of nitrogens with zero attached hydrogens (tertiary/aromatic N) is 2. The quantitative estimate of drug-likeness (QED) is 0.886. The molecule has 1 aromatic heterocycles. The molecule has 1 heterocycles. The highest BCUT2D eigenvalue weighted by molar-refractivity contribution is 5.55. The minimum atomic E-state index is -0.330. The molecule has 2 N–H and O–H groups in total.